The van der Waals surface area contributed by atoms with E-state index < -0.39 is 0 Å². The molecule has 1 saturated heterocycles. The topological polar surface area (TPSA) is 18.5 Å². The van der Waals surface area contributed by atoms with E-state index in [4.69, 9.17) is 9.47 Å². The minimum atomic E-state index is 0.0675. The fourth-order valence-electron chi connectivity index (χ4n) is 1.30. The van der Waals surface area contributed by atoms with E-state index in [1.54, 1.807) is 0 Å². The Morgan fingerprint density at radius 1 is 1.38 bits per heavy atom. The van der Waals surface area contributed by atoms with Crippen molar-refractivity contribution in [1.29, 1.82) is 0 Å². The normalized spacial score (nSPS) is 23.8. The third-order valence-corrected chi connectivity index (χ3v) is 2.92. The predicted molar refractivity (Wildman–Crippen MR) is 60.4 cm³/mol. The molecule has 1 aliphatic heterocycles. The van der Waals surface area contributed by atoms with Crippen molar-refractivity contribution < 1.29 is 9.47 Å². The summed E-state index contributed by atoms with van der Waals surface area (Å²) in [4.78, 5) is 0. The van der Waals surface area contributed by atoms with Crippen LogP contribution in [0.4, 0.5) is 0 Å². The van der Waals surface area contributed by atoms with Crippen molar-refractivity contribution in [3.63, 3.8) is 0 Å². The third-order valence-electron chi connectivity index (χ3n) is 2.01. The maximum Gasteiger partial charge on any atom is 0.157 e. The molecule has 2 nitrogen and oxygen atoms in total. The zero-order valence-electron chi connectivity index (χ0n) is 7.68. The van der Waals surface area contributed by atoms with Crippen LogP contribution in [-0.4, -0.2) is 23.2 Å². The number of halogens is 2. The van der Waals surface area contributed by atoms with E-state index in [1.807, 2.05) is 0 Å². The first-order valence-electron chi connectivity index (χ1n) is 4.80. The second kappa shape index (κ2) is 7.21. The van der Waals surface area contributed by atoms with Gasteiger partial charge in [-0.15, -0.1) is 0 Å². The maximum absolute atomic E-state index is 5.57. The highest BCUT2D eigenvalue weighted by Gasteiger charge is 2.13. The predicted octanol–water partition coefficient (Wildman–Crippen LogP) is 3.43. The van der Waals surface area contributed by atoms with Crippen LogP contribution in [0.3, 0.4) is 0 Å². The number of alkyl halides is 2. The first-order valence-corrected chi connectivity index (χ1v) is 6.63. The highest BCUT2D eigenvalue weighted by molar-refractivity contribution is 9.24. The van der Waals surface area contributed by atoms with Gasteiger partial charge in [0.1, 0.15) is 0 Å². The van der Waals surface area contributed by atoms with Crippen LogP contribution in [-0.2, 0) is 9.47 Å². The molecule has 0 radical (unpaired) electrons. The first-order chi connectivity index (χ1) is 6.29. The molecule has 0 N–H and O–H groups in total. The van der Waals surface area contributed by atoms with Crippen LogP contribution in [0.2, 0.25) is 0 Å². The van der Waals surface area contributed by atoms with Crippen LogP contribution in [0, 0.1) is 0 Å². The van der Waals surface area contributed by atoms with Crippen molar-refractivity contribution in [3.05, 3.63) is 0 Å². The van der Waals surface area contributed by atoms with Gasteiger partial charge in [0.15, 0.2) is 6.29 Å². The van der Waals surface area contributed by atoms with Crippen LogP contribution in [0.15, 0.2) is 0 Å². The molecular formula is C9H16Br2O2. The average molecular weight is 316 g/mol. The fourth-order valence-corrected chi connectivity index (χ4v) is 1.94. The lowest BCUT2D eigenvalue weighted by molar-refractivity contribution is -0.162. The molecule has 0 aromatic rings. The SMILES string of the molecule is BrC(Br)CCCOC1CCCCO1. The smallest absolute Gasteiger partial charge is 0.157 e. The van der Waals surface area contributed by atoms with Crippen molar-refractivity contribution in [2.75, 3.05) is 13.2 Å². The Bertz CT molecular complexity index is 125. The summed E-state index contributed by atoms with van der Waals surface area (Å²) in [5, 5.41) is 0. The Balaban J connectivity index is 1.92. The fraction of sp³-hybridized carbons (Fsp3) is 1.00. The molecular weight excluding hydrogens is 300 g/mol. The Hall–Kier alpha value is 0.880. The van der Waals surface area contributed by atoms with E-state index in [0.29, 0.717) is 3.74 Å². The van der Waals surface area contributed by atoms with Gasteiger partial charge in [0.05, 0.1) is 3.74 Å². The van der Waals surface area contributed by atoms with E-state index in [2.05, 4.69) is 31.9 Å². The molecule has 0 aromatic carbocycles. The minimum absolute atomic E-state index is 0.0675. The number of rotatable bonds is 5. The van der Waals surface area contributed by atoms with Gasteiger partial charge in [0, 0.05) is 13.2 Å². The molecule has 1 atom stereocenters. The highest BCUT2D eigenvalue weighted by Crippen LogP contribution is 2.17. The van der Waals surface area contributed by atoms with Gasteiger partial charge < -0.3 is 9.47 Å². The van der Waals surface area contributed by atoms with Gasteiger partial charge in [-0.1, -0.05) is 31.9 Å². The first kappa shape index (κ1) is 12.0. The zero-order valence-corrected chi connectivity index (χ0v) is 10.8. The minimum Gasteiger partial charge on any atom is -0.353 e. The summed E-state index contributed by atoms with van der Waals surface area (Å²) in [6.45, 7) is 1.67. The van der Waals surface area contributed by atoms with Gasteiger partial charge in [0.2, 0.25) is 0 Å². The van der Waals surface area contributed by atoms with Crippen LogP contribution in [0.1, 0.15) is 32.1 Å². The molecule has 1 rings (SSSR count). The molecule has 4 heteroatoms. The Kier molecular flexibility index (Phi) is 6.63. The molecule has 0 saturated carbocycles. The summed E-state index contributed by atoms with van der Waals surface area (Å²) in [6.07, 6.45) is 5.71. The molecule has 1 aliphatic rings. The Labute approximate surface area is 96.6 Å². The lowest BCUT2D eigenvalue weighted by atomic mass is 10.2. The Morgan fingerprint density at radius 3 is 2.85 bits per heavy atom. The van der Waals surface area contributed by atoms with Gasteiger partial charge in [-0.3, -0.25) is 0 Å². The van der Waals surface area contributed by atoms with Gasteiger partial charge in [-0.05, 0) is 32.1 Å². The molecule has 1 unspecified atom stereocenters. The molecule has 0 aromatic heterocycles. The van der Waals surface area contributed by atoms with Gasteiger partial charge in [-0.2, -0.15) is 0 Å². The summed E-state index contributed by atoms with van der Waals surface area (Å²) >= 11 is 6.86. The second-order valence-electron chi connectivity index (χ2n) is 3.20. The monoisotopic (exact) mass is 314 g/mol. The van der Waals surface area contributed by atoms with E-state index >= 15 is 0 Å². The van der Waals surface area contributed by atoms with Crippen LogP contribution in [0.25, 0.3) is 0 Å². The lowest BCUT2D eigenvalue weighted by Gasteiger charge is -2.22. The number of ether oxygens (including phenoxy) is 2. The van der Waals surface area contributed by atoms with Crippen molar-refractivity contribution in [3.8, 4) is 0 Å². The number of hydrogen-bond donors (Lipinski definition) is 0. The molecule has 0 amide bonds. The molecule has 78 valence electrons. The highest BCUT2D eigenvalue weighted by atomic mass is 79.9. The summed E-state index contributed by atoms with van der Waals surface area (Å²) < 4.78 is 11.4. The zero-order chi connectivity index (χ0) is 9.52. The summed E-state index contributed by atoms with van der Waals surface area (Å²) in [6, 6.07) is 0. The maximum atomic E-state index is 5.57. The Morgan fingerprint density at radius 2 is 2.23 bits per heavy atom. The summed E-state index contributed by atoms with van der Waals surface area (Å²) in [7, 11) is 0. The summed E-state index contributed by atoms with van der Waals surface area (Å²) in [5.74, 6) is 0. The van der Waals surface area contributed by atoms with Crippen LogP contribution >= 0.6 is 31.9 Å². The van der Waals surface area contributed by atoms with Gasteiger partial charge in [0.25, 0.3) is 0 Å². The third kappa shape index (κ3) is 6.05. The molecule has 1 fully saturated rings. The second-order valence-corrected chi connectivity index (χ2v) is 6.64. The van der Waals surface area contributed by atoms with Crippen molar-refractivity contribution >= 4 is 31.9 Å². The lowest BCUT2D eigenvalue weighted by Crippen LogP contribution is -2.22. The standard InChI is InChI=1S/C9H16Br2O2/c10-8(11)4-3-7-13-9-5-1-2-6-12-9/h8-9H,1-7H2. The largest absolute Gasteiger partial charge is 0.353 e. The van der Waals surface area contributed by atoms with Crippen LogP contribution < -0.4 is 0 Å². The van der Waals surface area contributed by atoms with Crippen molar-refractivity contribution in [1.82, 2.24) is 0 Å². The quantitative estimate of drug-likeness (QED) is 0.571. The van der Waals surface area contributed by atoms with E-state index in [0.717, 1.165) is 32.5 Å². The molecule has 1 heterocycles. The molecule has 0 aliphatic carbocycles. The van der Waals surface area contributed by atoms with Gasteiger partial charge >= 0.3 is 0 Å². The average Bonchev–Trinajstić information content (AvgIpc) is 2.14. The number of hydrogen-bond acceptors (Lipinski definition) is 2. The molecule has 0 bridgehead atoms. The molecule has 0 spiro atoms. The van der Waals surface area contributed by atoms with Crippen molar-refractivity contribution in [2.45, 2.75) is 42.1 Å². The van der Waals surface area contributed by atoms with E-state index in [1.165, 1.54) is 12.8 Å². The van der Waals surface area contributed by atoms with E-state index in [9.17, 15) is 0 Å². The van der Waals surface area contributed by atoms with E-state index in [-0.39, 0.29) is 6.29 Å². The van der Waals surface area contributed by atoms with Gasteiger partial charge in [-0.25, -0.2) is 0 Å². The molecule has 13 heavy (non-hydrogen) atoms. The summed E-state index contributed by atoms with van der Waals surface area (Å²) in [5.41, 5.74) is 0. The van der Waals surface area contributed by atoms with Crippen LogP contribution in [0.5, 0.6) is 0 Å². The van der Waals surface area contributed by atoms with Crippen molar-refractivity contribution in [2.24, 2.45) is 0 Å².